The van der Waals surface area contributed by atoms with Gasteiger partial charge in [-0.25, -0.2) is 8.42 Å². The Hall–Kier alpha value is -1.49. The Labute approximate surface area is 334 Å². The summed E-state index contributed by atoms with van der Waals surface area (Å²) in [6.45, 7) is 28.6. The van der Waals surface area contributed by atoms with E-state index in [1.54, 1.807) is 18.2 Å². The SMILES string of the molecule is C=C(C)[C@@H]1CC[C@]2(CCCNCCN3CCN(S(C)(=O)=O)CC3)CC[C@]3(C)[C@H](CC[C@@H]4[C@@]5(C)CC[C@H](OC(=O)CC(C)(C)C(=O)O)C(C)(C)[C@@H]5CC[C@]43C)[C@@H]12. The lowest BCUT2D eigenvalue weighted by Crippen LogP contribution is -2.66. The van der Waals surface area contributed by atoms with Gasteiger partial charge in [0.2, 0.25) is 10.0 Å². The number of ether oxygens (including phenoxy) is 1. The van der Waals surface area contributed by atoms with Crippen LogP contribution in [0, 0.1) is 62.1 Å². The van der Waals surface area contributed by atoms with Crippen molar-refractivity contribution >= 4 is 22.0 Å². The van der Waals surface area contributed by atoms with Crippen LogP contribution in [-0.2, 0) is 24.3 Å². The molecule has 0 amide bonds. The maximum atomic E-state index is 13.1. The number of allylic oxidation sites excluding steroid dienone is 1. The van der Waals surface area contributed by atoms with E-state index < -0.39 is 21.4 Å². The molecule has 1 heterocycles. The molecule has 5 aliphatic carbocycles. The molecule has 314 valence electrons. The largest absolute Gasteiger partial charge is 0.481 e. The molecule has 0 aromatic heterocycles. The van der Waals surface area contributed by atoms with Gasteiger partial charge in [0, 0.05) is 44.7 Å². The van der Waals surface area contributed by atoms with Gasteiger partial charge in [-0.05, 0) is 156 Å². The van der Waals surface area contributed by atoms with Gasteiger partial charge in [-0.2, -0.15) is 4.31 Å². The fourth-order valence-electron chi connectivity index (χ4n) is 14.7. The van der Waals surface area contributed by atoms with E-state index in [4.69, 9.17) is 4.74 Å². The number of nitrogens with one attached hydrogen (secondary N) is 1. The average Bonchev–Trinajstić information content (AvgIpc) is 3.47. The molecular formula is C45H77N3O6S. The van der Waals surface area contributed by atoms with Gasteiger partial charge in [0.1, 0.15) is 6.10 Å². The van der Waals surface area contributed by atoms with E-state index in [-0.39, 0.29) is 40.2 Å². The monoisotopic (exact) mass is 788 g/mol. The van der Waals surface area contributed by atoms with Crippen LogP contribution in [0.3, 0.4) is 0 Å². The van der Waals surface area contributed by atoms with Crippen molar-refractivity contribution < 1.29 is 27.9 Å². The van der Waals surface area contributed by atoms with E-state index in [9.17, 15) is 23.1 Å². The first kappa shape index (κ1) is 43.1. The third-order valence-electron chi connectivity index (χ3n) is 18.1. The van der Waals surface area contributed by atoms with Crippen LogP contribution in [0.25, 0.3) is 0 Å². The zero-order valence-corrected chi connectivity index (χ0v) is 36.9. The van der Waals surface area contributed by atoms with Crippen LogP contribution >= 0.6 is 0 Å². The molecular weight excluding hydrogens is 711 g/mol. The summed E-state index contributed by atoms with van der Waals surface area (Å²) in [5, 5.41) is 13.4. The third-order valence-corrected chi connectivity index (χ3v) is 19.4. The molecule has 5 saturated carbocycles. The van der Waals surface area contributed by atoms with Gasteiger partial charge >= 0.3 is 11.9 Å². The summed E-state index contributed by atoms with van der Waals surface area (Å²) < 4.78 is 31.6. The molecule has 55 heavy (non-hydrogen) atoms. The van der Waals surface area contributed by atoms with Crippen molar-refractivity contribution in [2.45, 2.75) is 145 Å². The van der Waals surface area contributed by atoms with Crippen LogP contribution in [0.1, 0.15) is 139 Å². The number of hydrogen-bond donors (Lipinski definition) is 2. The number of sulfonamides is 1. The van der Waals surface area contributed by atoms with E-state index in [0.717, 1.165) is 52.0 Å². The minimum Gasteiger partial charge on any atom is -0.481 e. The zero-order chi connectivity index (χ0) is 40.4. The molecule has 0 unspecified atom stereocenters. The van der Waals surface area contributed by atoms with E-state index in [2.05, 4.69) is 58.3 Å². The van der Waals surface area contributed by atoms with Crippen LogP contribution in [0.5, 0.6) is 0 Å². The fourth-order valence-corrected chi connectivity index (χ4v) is 15.6. The first-order valence-electron chi connectivity index (χ1n) is 22.0. The van der Waals surface area contributed by atoms with Gasteiger partial charge in [0.05, 0.1) is 18.1 Å². The molecule has 9 nitrogen and oxygen atoms in total. The lowest BCUT2D eigenvalue weighted by atomic mass is 9.32. The van der Waals surface area contributed by atoms with Crippen molar-refractivity contribution in [3.8, 4) is 0 Å². The van der Waals surface area contributed by atoms with Crippen LogP contribution in [0.15, 0.2) is 12.2 Å². The first-order valence-corrected chi connectivity index (χ1v) is 23.8. The normalized spacial score (nSPS) is 40.7. The molecule has 0 radical (unpaired) electrons. The highest BCUT2D eigenvalue weighted by Crippen LogP contribution is 2.78. The Morgan fingerprint density at radius 2 is 1.56 bits per heavy atom. The summed E-state index contributed by atoms with van der Waals surface area (Å²) in [6, 6.07) is 0. The van der Waals surface area contributed by atoms with Gasteiger partial charge in [-0.3, -0.25) is 14.5 Å². The summed E-state index contributed by atoms with van der Waals surface area (Å²) in [4.78, 5) is 27.3. The molecule has 10 heteroatoms. The lowest BCUT2D eigenvalue weighted by Gasteiger charge is -2.73. The topological polar surface area (TPSA) is 116 Å². The summed E-state index contributed by atoms with van der Waals surface area (Å²) in [5.41, 5.74) is 1.22. The quantitative estimate of drug-likeness (QED) is 0.110. The van der Waals surface area contributed by atoms with Gasteiger partial charge in [0.15, 0.2) is 0 Å². The summed E-state index contributed by atoms with van der Waals surface area (Å²) in [6.07, 6.45) is 15.7. The van der Waals surface area contributed by atoms with E-state index in [1.165, 1.54) is 69.6 Å². The van der Waals surface area contributed by atoms with Crippen LogP contribution in [0.4, 0.5) is 0 Å². The molecule has 6 fully saturated rings. The van der Waals surface area contributed by atoms with Crippen molar-refractivity contribution in [1.82, 2.24) is 14.5 Å². The van der Waals surface area contributed by atoms with Crippen molar-refractivity contribution in [1.29, 1.82) is 0 Å². The number of esters is 1. The van der Waals surface area contributed by atoms with Crippen molar-refractivity contribution in [3.63, 3.8) is 0 Å². The molecule has 1 saturated heterocycles. The Kier molecular flexibility index (Phi) is 12.0. The average molecular weight is 788 g/mol. The molecule has 0 aromatic rings. The fraction of sp³-hybridized carbons (Fsp3) is 0.911. The Bertz CT molecular complexity index is 1570. The number of nitrogens with zero attached hydrogens (tertiary/aromatic N) is 2. The van der Waals surface area contributed by atoms with Crippen LogP contribution in [-0.4, -0.2) is 92.8 Å². The predicted octanol–water partition coefficient (Wildman–Crippen LogP) is 8.00. The Balaban J connectivity index is 1.11. The highest BCUT2D eigenvalue weighted by molar-refractivity contribution is 7.88. The second-order valence-corrected chi connectivity index (χ2v) is 23.6. The number of hydrogen-bond acceptors (Lipinski definition) is 7. The minimum absolute atomic E-state index is 0.101. The van der Waals surface area contributed by atoms with Gasteiger partial charge < -0.3 is 15.2 Å². The van der Waals surface area contributed by atoms with Crippen molar-refractivity contribution in [3.05, 3.63) is 12.2 Å². The number of aliphatic carboxylic acids is 1. The summed E-state index contributed by atoms with van der Waals surface area (Å²) >= 11 is 0. The van der Waals surface area contributed by atoms with E-state index in [1.807, 2.05) is 0 Å². The Morgan fingerprint density at radius 3 is 2.20 bits per heavy atom. The van der Waals surface area contributed by atoms with Crippen LogP contribution < -0.4 is 5.32 Å². The maximum Gasteiger partial charge on any atom is 0.309 e. The van der Waals surface area contributed by atoms with E-state index >= 15 is 0 Å². The molecule has 6 aliphatic rings. The van der Waals surface area contributed by atoms with Gasteiger partial charge in [0.25, 0.3) is 0 Å². The number of fused-ring (bicyclic) bond motifs is 7. The molecule has 0 aromatic carbocycles. The number of carboxylic acid groups (broad SMARTS) is 1. The first-order chi connectivity index (χ1) is 25.5. The molecule has 2 N–H and O–H groups in total. The van der Waals surface area contributed by atoms with Gasteiger partial charge in [-0.15, -0.1) is 0 Å². The smallest absolute Gasteiger partial charge is 0.309 e. The highest BCUT2D eigenvalue weighted by Gasteiger charge is 2.71. The standard InChI is InChI=1S/C45H77N3O6S/c1-31(2)32-14-20-45(17-11-23-46-24-25-47-26-28-48(29-27-47)55(10,52)53)22-21-43(8)33(38(32)45)12-13-35-42(7)18-16-36(54-37(49)30-40(3,4)39(50)51)41(5,6)34(42)15-19-44(35,43)9/h32-36,38,46H,1,11-30H2,2-10H3,(H,50,51)/t32-,33+,34-,35+,36-,38+,42-,43+,44+,45+/m0/s1. The third kappa shape index (κ3) is 7.63. The molecule has 0 spiro atoms. The van der Waals surface area contributed by atoms with Crippen LogP contribution in [0.2, 0.25) is 0 Å². The lowest BCUT2D eigenvalue weighted by molar-refractivity contribution is -0.250. The minimum atomic E-state index is -3.10. The van der Waals surface area contributed by atoms with E-state index in [0.29, 0.717) is 48.1 Å². The molecule has 0 bridgehead atoms. The number of carbonyl (C=O) groups excluding carboxylic acids is 1. The number of piperazine rings is 1. The van der Waals surface area contributed by atoms with Gasteiger partial charge in [-0.1, -0.05) is 46.8 Å². The second-order valence-electron chi connectivity index (χ2n) is 21.6. The highest BCUT2D eigenvalue weighted by atomic mass is 32.2. The number of carboxylic acids is 1. The molecule has 1 aliphatic heterocycles. The van der Waals surface area contributed by atoms with Crippen molar-refractivity contribution in [2.75, 3.05) is 52.1 Å². The molecule has 10 atom stereocenters. The number of rotatable bonds is 13. The molecule has 6 rings (SSSR count). The second kappa shape index (κ2) is 15.3. The Morgan fingerprint density at radius 1 is 0.873 bits per heavy atom. The predicted molar refractivity (Wildman–Crippen MR) is 220 cm³/mol. The number of carbonyl (C=O) groups is 2. The maximum absolute atomic E-state index is 13.1. The zero-order valence-electron chi connectivity index (χ0n) is 36.1. The summed E-state index contributed by atoms with van der Waals surface area (Å²) in [5.74, 6) is 1.79. The summed E-state index contributed by atoms with van der Waals surface area (Å²) in [7, 11) is -3.10. The van der Waals surface area contributed by atoms with Crippen molar-refractivity contribution in [2.24, 2.45) is 62.1 Å².